The Hall–Kier alpha value is -5.76. The number of hydrogen-bond acceptors (Lipinski definition) is 12. The van der Waals surface area contributed by atoms with E-state index in [2.05, 4.69) is 10.6 Å². The summed E-state index contributed by atoms with van der Waals surface area (Å²) >= 11 is 0. The molecule has 2 amide bonds. The number of benzene rings is 3. The molecule has 0 spiro atoms. The Morgan fingerprint density at radius 2 is 1.12 bits per heavy atom. The van der Waals surface area contributed by atoms with E-state index in [1.807, 2.05) is 0 Å². The van der Waals surface area contributed by atoms with Gasteiger partial charge in [-0.2, -0.15) is 0 Å². The Kier molecular flexibility index (Phi) is 8.46. The summed E-state index contributed by atoms with van der Waals surface area (Å²) in [7, 11) is 0. The van der Waals surface area contributed by atoms with Gasteiger partial charge in [0.15, 0.2) is 51.7 Å². The molecule has 0 fully saturated rings. The molecule has 40 heavy (non-hydrogen) atoms. The first-order chi connectivity index (χ1) is 18.8. The second kappa shape index (κ2) is 11.7. The molecule has 14 nitrogen and oxygen atoms in total. The summed E-state index contributed by atoms with van der Waals surface area (Å²) in [5.74, 6) is -8.08. The molecule has 0 aliphatic heterocycles. The van der Waals surface area contributed by atoms with Crippen molar-refractivity contribution >= 4 is 24.0 Å². The summed E-state index contributed by atoms with van der Waals surface area (Å²) < 4.78 is 0. The van der Waals surface area contributed by atoms with E-state index in [-0.39, 0.29) is 23.1 Å². The van der Waals surface area contributed by atoms with Gasteiger partial charge in [-0.15, -0.1) is 0 Å². The number of amides is 2. The molecule has 3 aromatic rings. The highest BCUT2D eigenvalue weighted by Crippen LogP contribution is 2.37. The van der Waals surface area contributed by atoms with Crippen LogP contribution in [0.15, 0.2) is 48.3 Å². The van der Waals surface area contributed by atoms with Crippen LogP contribution in [0.25, 0.3) is 12.2 Å². The van der Waals surface area contributed by atoms with Crippen LogP contribution in [0.2, 0.25) is 0 Å². The van der Waals surface area contributed by atoms with E-state index < -0.39 is 75.3 Å². The molecule has 0 heterocycles. The number of rotatable bonds is 8. The van der Waals surface area contributed by atoms with E-state index in [1.54, 1.807) is 0 Å². The van der Waals surface area contributed by atoms with Gasteiger partial charge in [0.25, 0.3) is 5.91 Å². The van der Waals surface area contributed by atoms with E-state index in [1.165, 1.54) is 6.08 Å². The summed E-state index contributed by atoms with van der Waals surface area (Å²) in [6, 6.07) is 5.00. The minimum atomic E-state index is -1.33. The Balaban J connectivity index is 1.85. The highest BCUT2D eigenvalue weighted by atomic mass is 16.3. The average Bonchev–Trinajstić information content (AvgIpc) is 2.88. The summed E-state index contributed by atoms with van der Waals surface area (Å²) in [5.41, 5.74) is 5.83. The van der Waals surface area contributed by atoms with Gasteiger partial charge in [0.05, 0.1) is 6.04 Å². The molecule has 0 unspecified atom stereocenters. The van der Waals surface area contributed by atoms with Crippen molar-refractivity contribution in [2.45, 2.75) is 12.5 Å². The van der Waals surface area contributed by atoms with E-state index in [4.69, 9.17) is 5.73 Å². The fourth-order valence-corrected chi connectivity index (χ4v) is 3.40. The highest BCUT2D eigenvalue weighted by Gasteiger charge is 2.21. The molecule has 210 valence electrons. The van der Waals surface area contributed by atoms with Crippen molar-refractivity contribution in [3.63, 3.8) is 0 Å². The van der Waals surface area contributed by atoms with Crippen LogP contribution in [-0.4, -0.2) is 63.8 Å². The van der Waals surface area contributed by atoms with Gasteiger partial charge in [-0.05, 0) is 71.7 Å². The molecule has 0 aliphatic rings. The van der Waals surface area contributed by atoms with Crippen LogP contribution in [-0.2, 0) is 16.0 Å². The van der Waals surface area contributed by atoms with Crippen LogP contribution >= 0.6 is 0 Å². The second-order valence-corrected chi connectivity index (χ2v) is 8.46. The maximum atomic E-state index is 12.9. The standard InChI is InChI=1S/C26H25N3O11/c27-14(3-12-7-18(32)23(37)19(33)8-12)25(39)29-15(4-13-9-20(34)24(38)21(35)10-13)26(40)28-2-1-11-5-16(30)22(36)17(31)6-11/h1-2,4-10,14,30-38H,3,27H2,(H,28,40)(H,29,39)/b2-1+,15-4-/t14-/m0/s1. The maximum Gasteiger partial charge on any atom is 0.271 e. The van der Waals surface area contributed by atoms with Crippen molar-refractivity contribution in [2.24, 2.45) is 5.73 Å². The Bertz CT molecular complexity index is 1460. The van der Waals surface area contributed by atoms with Crippen molar-refractivity contribution < 1.29 is 55.5 Å². The first-order valence-electron chi connectivity index (χ1n) is 11.3. The zero-order valence-corrected chi connectivity index (χ0v) is 20.4. The van der Waals surface area contributed by atoms with Crippen LogP contribution in [0.1, 0.15) is 16.7 Å². The minimum absolute atomic E-state index is 0.0161. The maximum absolute atomic E-state index is 12.9. The topological polar surface area (TPSA) is 266 Å². The lowest BCUT2D eigenvalue weighted by atomic mass is 10.0. The molecule has 0 saturated heterocycles. The summed E-state index contributed by atoms with van der Waals surface area (Å²) in [5, 5.41) is 91.2. The van der Waals surface area contributed by atoms with Gasteiger partial charge in [-0.1, -0.05) is 0 Å². The third kappa shape index (κ3) is 6.76. The number of carbonyl (C=O) groups excluding carboxylic acids is 2. The van der Waals surface area contributed by atoms with E-state index in [9.17, 15) is 55.5 Å². The van der Waals surface area contributed by atoms with Crippen molar-refractivity contribution in [1.82, 2.24) is 10.6 Å². The molecule has 13 N–H and O–H groups in total. The third-order valence-electron chi connectivity index (χ3n) is 5.41. The molecule has 0 aliphatic carbocycles. The van der Waals surface area contributed by atoms with E-state index in [0.717, 1.165) is 48.7 Å². The molecule has 0 radical (unpaired) electrons. The Morgan fingerprint density at radius 1 is 0.700 bits per heavy atom. The lowest BCUT2D eigenvalue weighted by Crippen LogP contribution is -2.44. The van der Waals surface area contributed by atoms with Gasteiger partial charge in [-0.3, -0.25) is 9.59 Å². The van der Waals surface area contributed by atoms with Gasteiger partial charge in [0, 0.05) is 6.20 Å². The summed E-state index contributed by atoms with van der Waals surface area (Å²) in [6.07, 6.45) is 3.13. The Morgan fingerprint density at radius 3 is 1.60 bits per heavy atom. The lowest BCUT2D eigenvalue weighted by Gasteiger charge is -2.15. The number of aromatic hydroxyl groups is 9. The predicted molar refractivity (Wildman–Crippen MR) is 139 cm³/mol. The smallest absolute Gasteiger partial charge is 0.271 e. The number of nitrogens with two attached hydrogens (primary N) is 1. The van der Waals surface area contributed by atoms with Crippen molar-refractivity contribution in [3.8, 4) is 51.7 Å². The minimum Gasteiger partial charge on any atom is -0.504 e. The number of nitrogens with one attached hydrogen (secondary N) is 2. The van der Waals surface area contributed by atoms with Crippen molar-refractivity contribution in [3.05, 3.63) is 65.0 Å². The zero-order chi connectivity index (χ0) is 29.7. The van der Waals surface area contributed by atoms with Gasteiger partial charge in [0.1, 0.15) is 5.70 Å². The van der Waals surface area contributed by atoms with Crippen LogP contribution in [0.5, 0.6) is 51.7 Å². The summed E-state index contributed by atoms with van der Waals surface area (Å²) in [4.78, 5) is 25.7. The SMILES string of the molecule is N[C@@H](Cc1cc(O)c(O)c(O)c1)C(=O)N/C(=C\c1cc(O)c(O)c(O)c1)C(=O)N/C=C/c1cc(O)c(O)c(O)c1. The van der Waals surface area contributed by atoms with Gasteiger partial charge in [0.2, 0.25) is 5.91 Å². The molecule has 1 atom stereocenters. The fraction of sp³-hybridized carbons (Fsp3) is 0.0769. The van der Waals surface area contributed by atoms with Gasteiger partial charge < -0.3 is 62.3 Å². The first-order valence-corrected chi connectivity index (χ1v) is 11.3. The Labute approximate surface area is 225 Å². The van der Waals surface area contributed by atoms with Crippen molar-refractivity contribution in [2.75, 3.05) is 0 Å². The third-order valence-corrected chi connectivity index (χ3v) is 5.41. The predicted octanol–water partition coefficient (Wildman–Crippen LogP) is 0.851. The largest absolute Gasteiger partial charge is 0.504 e. The van der Waals surface area contributed by atoms with Crippen LogP contribution in [0.4, 0.5) is 0 Å². The normalized spacial score (nSPS) is 12.3. The molecule has 3 rings (SSSR count). The lowest BCUT2D eigenvalue weighted by molar-refractivity contribution is -0.124. The number of phenolic OH excluding ortho intramolecular Hbond substituents is 9. The first kappa shape index (κ1) is 28.8. The quantitative estimate of drug-likeness (QED) is 0.136. The van der Waals surface area contributed by atoms with E-state index >= 15 is 0 Å². The molecular weight excluding hydrogens is 530 g/mol. The number of hydrogen-bond donors (Lipinski definition) is 12. The van der Waals surface area contributed by atoms with Crippen LogP contribution < -0.4 is 16.4 Å². The van der Waals surface area contributed by atoms with Crippen LogP contribution in [0, 0.1) is 0 Å². The zero-order valence-electron chi connectivity index (χ0n) is 20.4. The summed E-state index contributed by atoms with van der Waals surface area (Å²) in [6.45, 7) is 0. The molecular formula is C26H25N3O11. The van der Waals surface area contributed by atoms with Crippen molar-refractivity contribution in [1.29, 1.82) is 0 Å². The van der Waals surface area contributed by atoms with Gasteiger partial charge in [-0.25, -0.2) is 0 Å². The molecule has 0 saturated carbocycles. The average molecular weight is 555 g/mol. The van der Waals surface area contributed by atoms with Gasteiger partial charge >= 0.3 is 0 Å². The number of carbonyl (C=O) groups is 2. The van der Waals surface area contributed by atoms with E-state index in [0.29, 0.717) is 0 Å². The number of phenols is 9. The molecule has 0 bridgehead atoms. The highest BCUT2D eigenvalue weighted by molar-refractivity contribution is 6.02. The molecule has 0 aromatic heterocycles. The second-order valence-electron chi connectivity index (χ2n) is 8.46. The monoisotopic (exact) mass is 555 g/mol. The fourth-order valence-electron chi connectivity index (χ4n) is 3.40. The van der Waals surface area contributed by atoms with Crippen LogP contribution in [0.3, 0.4) is 0 Å². The molecule has 14 heteroatoms. The molecule has 3 aromatic carbocycles.